The van der Waals surface area contributed by atoms with Crippen molar-refractivity contribution in [2.75, 3.05) is 26.8 Å². The van der Waals surface area contributed by atoms with Gasteiger partial charge < -0.3 is 5.32 Å². The van der Waals surface area contributed by atoms with Gasteiger partial charge in [-0.25, -0.2) is 0 Å². The maximum absolute atomic E-state index is 3.49. The van der Waals surface area contributed by atoms with Crippen molar-refractivity contribution in [3.63, 3.8) is 0 Å². The van der Waals surface area contributed by atoms with Gasteiger partial charge in [0.15, 0.2) is 0 Å². The fraction of sp³-hybridized carbons (Fsp3) is 1.00. The number of hydrogen-bond acceptors (Lipinski definition) is 2. The molecule has 0 saturated carbocycles. The van der Waals surface area contributed by atoms with E-state index in [4.69, 9.17) is 0 Å². The van der Waals surface area contributed by atoms with Crippen molar-refractivity contribution >= 4 is 0 Å². The molecule has 0 radical (unpaired) electrons. The minimum Gasteiger partial charge on any atom is -0.304 e. The molecule has 2 heteroatoms. The van der Waals surface area contributed by atoms with E-state index in [1.807, 2.05) is 0 Å². The molecule has 0 aromatic heterocycles. The molecule has 1 N–H and O–H groups in total. The molecular formula is C10H22N2. The molecule has 72 valence electrons. The molecule has 12 heavy (non-hydrogen) atoms. The largest absolute Gasteiger partial charge is 0.304 e. The van der Waals surface area contributed by atoms with Crippen LogP contribution < -0.4 is 5.32 Å². The predicted molar refractivity (Wildman–Crippen MR) is 53.1 cm³/mol. The Balaban J connectivity index is 2.51. The van der Waals surface area contributed by atoms with Crippen LogP contribution in [0.25, 0.3) is 0 Å². The van der Waals surface area contributed by atoms with Crippen LogP contribution in [0.5, 0.6) is 0 Å². The molecule has 1 rings (SSSR count). The molecule has 1 heterocycles. The smallest absolute Gasteiger partial charge is 0.0478 e. The maximum atomic E-state index is 3.49. The van der Waals surface area contributed by atoms with E-state index in [1.54, 1.807) is 0 Å². The molecule has 0 aromatic rings. The second kappa shape index (κ2) is 4.24. The summed E-state index contributed by atoms with van der Waals surface area (Å²) in [6, 6.07) is 0. The summed E-state index contributed by atoms with van der Waals surface area (Å²) in [5, 5.41) is 3.49. The van der Waals surface area contributed by atoms with E-state index in [2.05, 4.69) is 31.1 Å². The van der Waals surface area contributed by atoms with Gasteiger partial charge in [0.25, 0.3) is 0 Å². The number of hydrogen-bond donors (Lipinski definition) is 1. The Kier molecular flexibility index (Phi) is 3.53. The van der Waals surface area contributed by atoms with Gasteiger partial charge in [0.2, 0.25) is 0 Å². The molecule has 1 fully saturated rings. The molecule has 0 spiro atoms. The Bertz CT molecular complexity index is 132. The molecule has 2 nitrogen and oxygen atoms in total. The summed E-state index contributed by atoms with van der Waals surface area (Å²) in [6.45, 7) is 8.14. The lowest BCUT2D eigenvalue weighted by Crippen LogP contribution is -2.52. The van der Waals surface area contributed by atoms with Gasteiger partial charge in [-0.3, -0.25) is 4.90 Å². The lowest BCUT2D eigenvalue weighted by Gasteiger charge is -2.41. The number of nitrogens with zero attached hydrogens (tertiary/aromatic N) is 1. The number of nitrogens with one attached hydrogen (secondary N) is 1. The van der Waals surface area contributed by atoms with Crippen molar-refractivity contribution in [3.8, 4) is 0 Å². The summed E-state index contributed by atoms with van der Waals surface area (Å²) in [6.07, 6.45) is 3.97. The zero-order chi connectivity index (χ0) is 9.03. The Labute approximate surface area is 76.3 Å². The predicted octanol–water partition coefficient (Wildman–Crippen LogP) is 1.68. The van der Waals surface area contributed by atoms with Gasteiger partial charge in [-0.15, -0.1) is 0 Å². The molecule has 1 aliphatic rings. The van der Waals surface area contributed by atoms with E-state index >= 15 is 0 Å². The molecule has 0 aromatic carbocycles. The zero-order valence-corrected chi connectivity index (χ0v) is 8.69. The highest BCUT2D eigenvalue weighted by atomic mass is 15.2. The van der Waals surface area contributed by atoms with Crippen LogP contribution in [0, 0.1) is 5.41 Å². The van der Waals surface area contributed by atoms with Crippen LogP contribution in [-0.4, -0.2) is 31.7 Å². The molecular weight excluding hydrogens is 148 g/mol. The number of rotatable bonds is 3. The first-order chi connectivity index (χ1) is 5.72. The van der Waals surface area contributed by atoms with Crippen molar-refractivity contribution in [1.29, 1.82) is 0 Å². The molecule has 0 unspecified atom stereocenters. The van der Waals surface area contributed by atoms with E-state index < -0.39 is 0 Å². The lowest BCUT2D eigenvalue weighted by atomic mass is 9.79. The summed E-state index contributed by atoms with van der Waals surface area (Å²) in [5.41, 5.74) is 0.557. The zero-order valence-electron chi connectivity index (χ0n) is 8.69. The SMILES string of the molecule is CCC[C@@]1(CC)CNCN(C)C1. The average molecular weight is 170 g/mol. The van der Waals surface area contributed by atoms with Crippen molar-refractivity contribution < 1.29 is 0 Å². The van der Waals surface area contributed by atoms with Crippen LogP contribution in [0.3, 0.4) is 0 Å². The van der Waals surface area contributed by atoms with E-state index in [1.165, 1.54) is 32.4 Å². The van der Waals surface area contributed by atoms with Gasteiger partial charge in [0, 0.05) is 19.8 Å². The first kappa shape index (κ1) is 10.0. The summed E-state index contributed by atoms with van der Waals surface area (Å²) in [4.78, 5) is 2.39. The molecule has 0 amide bonds. The van der Waals surface area contributed by atoms with Crippen LogP contribution in [0.2, 0.25) is 0 Å². The van der Waals surface area contributed by atoms with Crippen LogP contribution in [0.4, 0.5) is 0 Å². The second-order valence-corrected chi connectivity index (χ2v) is 4.20. The quantitative estimate of drug-likeness (QED) is 0.693. The highest BCUT2D eigenvalue weighted by Crippen LogP contribution is 2.29. The van der Waals surface area contributed by atoms with E-state index in [9.17, 15) is 0 Å². The van der Waals surface area contributed by atoms with Gasteiger partial charge in [-0.05, 0) is 25.3 Å². The highest BCUT2D eigenvalue weighted by molar-refractivity contribution is 4.85. The third kappa shape index (κ3) is 2.20. The van der Waals surface area contributed by atoms with Gasteiger partial charge >= 0.3 is 0 Å². The van der Waals surface area contributed by atoms with Crippen molar-refractivity contribution in [2.24, 2.45) is 5.41 Å². The fourth-order valence-electron chi connectivity index (χ4n) is 2.31. The Hall–Kier alpha value is -0.0800. The second-order valence-electron chi connectivity index (χ2n) is 4.20. The standard InChI is InChI=1S/C10H22N2/c1-4-6-10(5-2)7-11-9-12(3)8-10/h11H,4-9H2,1-3H3/t10-/m0/s1. The summed E-state index contributed by atoms with van der Waals surface area (Å²) in [5.74, 6) is 0. The fourth-order valence-corrected chi connectivity index (χ4v) is 2.31. The van der Waals surface area contributed by atoms with E-state index in [0.29, 0.717) is 5.41 Å². The third-order valence-electron chi connectivity index (χ3n) is 3.02. The minimum absolute atomic E-state index is 0.557. The molecule has 1 aliphatic heterocycles. The monoisotopic (exact) mass is 170 g/mol. The Morgan fingerprint density at radius 3 is 2.67 bits per heavy atom. The van der Waals surface area contributed by atoms with Crippen molar-refractivity contribution in [1.82, 2.24) is 10.2 Å². The Morgan fingerprint density at radius 1 is 1.42 bits per heavy atom. The van der Waals surface area contributed by atoms with Gasteiger partial charge in [0.05, 0.1) is 0 Å². The van der Waals surface area contributed by atoms with Crippen LogP contribution in [0.15, 0.2) is 0 Å². The summed E-state index contributed by atoms with van der Waals surface area (Å²) in [7, 11) is 2.20. The van der Waals surface area contributed by atoms with Crippen LogP contribution in [-0.2, 0) is 0 Å². The minimum atomic E-state index is 0.557. The summed E-state index contributed by atoms with van der Waals surface area (Å²) < 4.78 is 0. The molecule has 0 bridgehead atoms. The third-order valence-corrected chi connectivity index (χ3v) is 3.02. The Morgan fingerprint density at radius 2 is 2.17 bits per heavy atom. The maximum Gasteiger partial charge on any atom is 0.0478 e. The molecule has 0 aliphatic carbocycles. The average Bonchev–Trinajstić information content (AvgIpc) is 2.05. The van der Waals surface area contributed by atoms with Gasteiger partial charge in [0.1, 0.15) is 0 Å². The van der Waals surface area contributed by atoms with E-state index in [-0.39, 0.29) is 0 Å². The molecule has 1 atom stereocenters. The van der Waals surface area contributed by atoms with E-state index in [0.717, 1.165) is 6.67 Å². The molecule has 1 saturated heterocycles. The van der Waals surface area contributed by atoms with Gasteiger partial charge in [-0.1, -0.05) is 20.3 Å². The van der Waals surface area contributed by atoms with Crippen molar-refractivity contribution in [2.45, 2.75) is 33.1 Å². The van der Waals surface area contributed by atoms with Gasteiger partial charge in [-0.2, -0.15) is 0 Å². The lowest BCUT2D eigenvalue weighted by molar-refractivity contribution is 0.0948. The normalized spacial score (nSPS) is 32.2. The highest BCUT2D eigenvalue weighted by Gasteiger charge is 2.31. The first-order valence-electron chi connectivity index (χ1n) is 5.12. The van der Waals surface area contributed by atoms with Crippen molar-refractivity contribution in [3.05, 3.63) is 0 Å². The van der Waals surface area contributed by atoms with Crippen LogP contribution in [0.1, 0.15) is 33.1 Å². The van der Waals surface area contributed by atoms with Crippen LogP contribution >= 0.6 is 0 Å². The first-order valence-corrected chi connectivity index (χ1v) is 5.12. The summed E-state index contributed by atoms with van der Waals surface area (Å²) >= 11 is 0. The topological polar surface area (TPSA) is 15.3 Å².